The fraction of sp³-hybridized carbons (Fsp3) is 0.190. The van der Waals surface area contributed by atoms with Gasteiger partial charge in [0.15, 0.2) is 17.2 Å². The molecule has 2 aromatic carbocycles. The summed E-state index contributed by atoms with van der Waals surface area (Å²) in [5.74, 6) is 0.00548. The number of esters is 2. The van der Waals surface area contributed by atoms with Crippen molar-refractivity contribution >= 4 is 35.5 Å². The standard InChI is InChI=1S/C21H18ClNO5/c1-3-19(24)27-17-9-8-13(11-18(17)26-4-2)10-16-21(25)28-20(23-16)14-6-5-7-15(22)12-14/h5-12H,3-4H2,1-2H3/b16-10-. The van der Waals surface area contributed by atoms with Crippen LogP contribution in [-0.2, 0) is 14.3 Å². The van der Waals surface area contributed by atoms with Crippen LogP contribution in [0.5, 0.6) is 11.5 Å². The zero-order chi connectivity index (χ0) is 20.1. The maximum atomic E-state index is 12.2. The van der Waals surface area contributed by atoms with Gasteiger partial charge in [-0.3, -0.25) is 4.79 Å². The highest BCUT2D eigenvalue weighted by Crippen LogP contribution is 2.30. The van der Waals surface area contributed by atoms with Crippen molar-refractivity contribution in [3.05, 3.63) is 64.3 Å². The topological polar surface area (TPSA) is 74.2 Å². The summed E-state index contributed by atoms with van der Waals surface area (Å²) in [6.45, 7) is 3.94. The average molecular weight is 400 g/mol. The van der Waals surface area contributed by atoms with Crippen molar-refractivity contribution in [2.45, 2.75) is 20.3 Å². The number of cyclic esters (lactones) is 1. The lowest BCUT2D eigenvalue weighted by Crippen LogP contribution is -2.07. The highest BCUT2D eigenvalue weighted by Gasteiger charge is 2.24. The molecule has 0 N–H and O–H groups in total. The summed E-state index contributed by atoms with van der Waals surface area (Å²) >= 11 is 5.97. The molecule has 0 saturated carbocycles. The second kappa shape index (κ2) is 8.71. The van der Waals surface area contributed by atoms with Crippen molar-refractivity contribution in [3.63, 3.8) is 0 Å². The average Bonchev–Trinajstić information content (AvgIpc) is 3.04. The summed E-state index contributed by atoms with van der Waals surface area (Å²) in [4.78, 5) is 28.0. The van der Waals surface area contributed by atoms with E-state index in [0.29, 0.717) is 34.3 Å². The molecule has 0 aromatic heterocycles. The Bertz CT molecular complexity index is 981. The molecule has 0 spiro atoms. The summed E-state index contributed by atoms with van der Waals surface area (Å²) in [6.07, 6.45) is 1.83. The Morgan fingerprint density at radius 3 is 2.71 bits per heavy atom. The number of halogens is 1. The maximum Gasteiger partial charge on any atom is 0.363 e. The van der Waals surface area contributed by atoms with Crippen LogP contribution >= 0.6 is 11.6 Å². The minimum absolute atomic E-state index is 0.149. The van der Waals surface area contributed by atoms with Gasteiger partial charge in [0.1, 0.15) is 0 Å². The third-order valence-corrected chi connectivity index (χ3v) is 4.01. The summed E-state index contributed by atoms with van der Waals surface area (Å²) < 4.78 is 16.0. The lowest BCUT2D eigenvalue weighted by Gasteiger charge is -2.10. The van der Waals surface area contributed by atoms with E-state index in [1.54, 1.807) is 55.5 Å². The minimum atomic E-state index is -0.561. The zero-order valence-electron chi connectivity index (χ0n) is 15.4. The van der Waals surface area contributed by atoms with E-state index >= 15 is 0 Å². The molecule has 6 nitrogen and oxygen atoms in total. The lowest BCUT2D eigenvalue weighted by atomic mass is 10.1. The van der Waals surface area contributed by atoms with E-state index in [4.69, 9.17) is 25.8 Å². The van der Waals surface area contributed by atoms with Crippen LogP contribution in [0.25, 0.3) is 6.08 Å². The molecule has 28 heavy (non-hydrogen) atoms. The van der Waals surface area contributed by atoms with Crippen molar-refractivity contribution in [1.29, 1.82) is 0 Å². The largest absolute Gasteiger partial charge is 0.490 e. The Morgan fingerprint density at radius 2 is 2.00 bits per heavy atom. The van der Waals surface area contributed by atoms with E-state index in [2.05, 4.69) is 4.99 Å². The van der Waals surface area contributed by atoms with Crippen LogP contribution in [0.2, 0.25) is 5.02 Å². The van der Waals surface area contributed by atoms with Crippen LogP contribution in [-0.4, -0.2) is 24.4 Å². The number of carbonyl (C=O) groups excluding carboxylic acids is 2. The number of nitrogens with zero attached hydrogens (tertiary/aromatic N) is 1. The molecule has 3 rings (SSSR count). The van der Waals surface area contributed by atoms with Crippen LogP contribution in [0, 0.1) is 0 Å². The first kappa shape index (κ1) is 19.6. The molecule has 0 atom stereocenters. The number of ether oxygens (including phenoxy) is 3. The normalized spacial score (nSPS) is 14.6. The molecule has 1 aliphatic heterocycles. The number of carbonyl (C=O) groups is 2. The molecule has 0 radical (unpaired) electrons. The predicted octanol–water partition coefficient (Wildman–Crippen LogP) is 4.40. The summed E-state index contributed by atoms with van der Waals surface area (Å²) in [5, 5.41) is 0.521. The molecular weight excluding hydrogens is 382 g/mol. The van der Waals surface area contributed by atoms with Crippen molar-refractivity contribution in [1.82, 2.24) is 0 Å². The SMILES string of the molecule is CCOc1cc(/C=C2\N=C(c3cccc(Cl)c3)OC2=O)ccc1OC(=O)CC. The molecular formula is C21H18ClNO5. The van der Waals surface area contributed by atoms with Crippen molar-refractivity contribution in [3.8, 4) is 11.5 Å². The molecule has 7 heteroatoms. The third kappa shape index (κ3) is 4.58. The number of rotatable bonds is 6. The molecule has 1 heterocycles. The Morgan fingerprint density at radius 1 is 1.18 bits per heavy atom. The highest BCUT2D eigenvalue weighted by atomic mass is 35.5. The molecule has 144 valence electrons. The molecule has 0 aliphatic carbocycles. The number of hydrogen-bond acceptors (Lipinski definition) is 6. The van der Waals surface area contributed by atoms with Gasteiger partial charge >= 0.3 is 11.9 Å². The summed E-state index contributed by atoms with van der Waals surface area (Å²) in [7, 11) is 0. The first-order valence-corrected chi connectivity index (χ1v) is 9.14. The van der Waals surface area contributed by atoms with Crippen LogP contribution in [0.1, 0.15) is 31.4 Å². The second-order valence-corrected chi connectivity index (χ2v) is 6.25. The van der Waals surface area contributed by atoms with Crippen LogP contribution in [0.4, 0.5) is 0 Å². The quantitative estimate of drug-likeness (QED) is 0.409. The van der Waals surface area contributed by atoms with Gasteiger partial charge in [0.2, 0.25) is 5.90 Å². The van der Waals surface area contributed by atoms with Crippen LogP contribution in [0.3, 0.4) is 0 Å². The summed E-state index contributed by atoms with van der Waals surface area (Å²) in [5.41, 5.74) is 1.42. The minimum Gasteiger partial charge on any atom is -0.490 e. The third-order valence-electron chi connectivity index (χ3n) is 3.78. The molecule has 0 saturated heterocycles. The van der Waals surface area contributed by atoms with Gasteiger partial charge in [-0.2, -0.15) is 0 Å². The number of benzene rings is 2. The second-order valence-electron chi connectivity index (χ2n) is 5.81. The van der Waals surface area contributed by atoms with Crippen molar-refractivity contribution < 1.29 is 23.8 Å². The monoisotopic (exact) mass is 399 g/mol. The molecule has 2 aromatic rings. The van der Waals surface area contributed by atoms with E-state index in [1.807, 2.05) is 6.92 Å². The highest BCUT2D eigenvalue weighted by molar-refractivity contribution is 6.31. The fourth-order valence-electron chi connectivity index (χ4n) is 2.47. The van der Waals surface area contributed by atoms with E-state index in [1.165, 1.54) is 0 Å². The lowest BCUT2D eigenvalue weighted by molar-refractivity contribution is -0.134. The van der Waals surface area contributed by atoms with E-state index in [9.17, 15) is 9.59 Å². The number of hydrogen-bond donors (Lipinski definition) is 0. The molecule has 0 bridgehead atoms. The van der Waals surface area contributed by atoms with Crippen LogP contribution in [0.15, 0.2) is 53.2 Å². The van der Waals surface area contributed by atoms with Gasteiger partial charge in [0.05, 0.1) is 6.61 Å². The van der Waals surface area contributed by atoms with Gasteiger partial charge in [-0.05, 0) is 48.9 Å². The van der Waals surface area contributed by atoms with Gasteiger partial charge in [0.25, 0.3) is 0 Å². The zero-order valence-corrected chi connectivity index (χ0v) is 16.2. The number of aliphatic imine (C=N–C) groups is 1. The predicted molar refractivity (Wildman–Crippen MR) is 106 cm³/mol. The molecule has 0 unspecified atom stereocenters. The van der Waals surface area contributed by atoms with Gasteiger partial charge in [-0.15, -0.1) is 0 Å². The fourth-order valence-corrected chi connectivity index (χ4v) is 2.66. The van der Waals surface area contributed by atoms with E-state index in [0.717, 1.165) is 0 Å². The van der Waals surface area contributed by atoms with Gasteiger partial charge in [-0.1, -0.05) is 30.7 Å². The van der Waals surface area contributed by atoms with Crippen molar-refractivity contribution in [2.75, 3.05) is 6.61 Å². The van der Waals surface area contributed by atoms with Gasteiger partial charge in [0, 0.05) is 17.0 Å². The Hall–Kier alpha value is -3.12. The van der Waals surface area contributed by atoms with Gasteiger partial charge < -0.3 is 14.2 Å². The molecule has 1 aliphatic rings. The van der Waals surface area contributed by atoms with E-state index in [-0.39, 0.29) is 24.0 Å². The molecule has 0 amide bonds. The Kier molecular flexibility index (Phi) is 6.11. The Balaban J connectivity index is 1.90. The first-order valence-electron chi connectivity index (χ1n) is 8.76. The molecule has 0 fully saturated rings. The van der Waals surface area contributed by atoms with E-state index < -0.39 is 5.97 Å². The van der Waals surface area contributed by atoms with Crippen LogP contribution < -0.4 is 9.47 Å². The first-order chi connectivity index (χ1) is 13.5. The summed E-state index contributed by atoms with van der Waals surface area (Å²) in [6, 6.07) is 11.9. The van der Waals surface area contributed by atoms with Crippen molar-refractivity contribution in [2.24, 2.45) is 4.99 Å². The Labute approximate surface area is 167 Å². The van der Waals surface area contributed by atoms with Gasteiger partial charge in [-0.25, -0.2) is 9.79 Å². The smallest absolute Gasteiger partial charge is 0.363 e. The maximum absolute atomic E-state index is 12.2.